The van der Waals surface area contributed by atoms with E-state index in [0.717, 1.165) is 21.5 Å². The summed E-state index contributed by atoms with van der Waals surface area (Å²) in [6, 6.07) is 13.7. The van der Waals surface area contributed by atoms with Gasteiger partial charge in [-0.3, -0.25) is 0 Å². The molecule has 0 heterocycles. The third kappa shape index (κ3) is 4.05. The Hall–Kier alpha value is -1.39. The third-order valence-corrected chi connectivity index (χ3v) is 4.00. The third-order valence-electron chi connectivity index (χ3n) is 3.14. The van der Waals surface area contributed by atoms with Crippen molar-refractivity contribution in [1.29, 1.82) is 0 Å². The van der Waals surface area contributed by atoms with Crippen molar-refractivity contribution in [2.75, 3.05) is 0 Å². The summed E-state index contributed by atoms with van der Waals surface area (Å²) in [4.78, 5) is 0.372. The molecule has 0 amide bonds. The van der Waals surface area contributed by atoms with Crippen LogP contribution in [0.25, 0.3) is 0 Å². The van der Waals surface area contributed by atoms with Crippen LogP contribution in [0.5, 0.6) is 11.5 Å². The fraction of sp³-hybridized carbons (Fsp3) is 0.235. The lowest BCUT2D eigenvalue weighted by molar-refractivity contribution is 0.475. The van der Waals surface area contributed by atoms with Crippen LogP contribution in [0.4, 0.5) is 0 Å². The van der Waals surface area contributed by atoms with Crippen molar-refractivity contribution in [3.63, 3.8) is 0 Å². The minimum absolute atomic E-state index is 0.0895. The Morgan fingerprint density at radius 3 is 2.43 bits per heavy atom. The zero-order valence-electron chi connectivity index (χ0n) is 12.3. The maximum absolute atomic E-state index is 5.95. The van der Waals surface area contributed by atoms with Crippen LogP contribution in [0.2, 0.25) is 0 Å². The molecular formula is C17H18BrNOS. The van der Waals surface area contributed by atoms with Crippen LogP contribution >= 0.6 is 28.1 Å². The lowest BCUT2D eigenvalue weighted by Crippen LogP contribution is -2.10. The summed E-state index contributed by atoms with van der Waals surface area (Å²) in [5, 5.41) is 0. The summed E-state index contributed by atoms with van der Waals surface area (Å²) in [6.45, 7) is 6.54. The molecule has 0 aromatic heterocycles. The maximum Gasteiger partial charge on any atom is 0.141 e. The summed E-state index contributed by atoms with van der Waals surface area (Å²) < 4.78 is 6.78. The van der Waals surface area contributed by atoms with E-state index >= 15 is 0 Å². The molecule has 2 aromatic carbocycles. The second-order valence-electron chi connectivity index (χ2n) is 5.89. The molecule has 21 heavy (non-hydrogen) atoms. The summed E-state index contributed by atoms with van der Waals surface area (Å²) >= 11 is 8.46. The van der Waals surface area contributed by atoms with E-state index in [4.69, 9.17) is 22.7 Å². The van der Waals surface area contributed by atoms with Crippen molar-refractivity contribution < 1.29 is 4.74 Å². The number of rotatable bonds is 3. The lowest BCUT2D eigenvalue weighted by atomic mass is 9.87. The monoisotopic (exact) mass is 363 g/mol. The predicted octanol–water partition coefficient (Wildman–Crippen LogP) is 5.17. The molecule has 0 aliphatic heterocycles. The first-order chi connectivity index (χ1) is 9.77. The highest BCUT2D eigenvalue weighted by Gasteiger charge is 2.14. The molecule has 0 aliphatic carbocycles. The van der Waals surface area contributed by atoms with E-state index in [-0.39, 0.29) is 5.41 Å². The smallest absolute Gasteiger partial charge is 0.141 e. The molecular weight excluding hydrogens is 346 g/mol. The molecule has 2 rings (SSSR count). The van der Waals surface area contributed by atoms with Gasteiger partial charge in [-0.05, 0) is 57.2 Å². The van der Waals surface area contributed by atoms with Gasteiger partial charge in [-0.2, -0.15) is 0 Å². The number of hydrogen-bond acceptors (Lipinski definition) is 2. The van der Waals surface area contributed by atoms with E-state index in [1.165, 1.54) is 5.56 Å². The molecule has 0 fully saturated rings. The van der Waals surface area contributed by atoms with Crippen LogP contribution in [-0.4, -0.2) is 4.99 Å². The lowest BCUT2D eigenvalue weighted by Gasteiger charge is -2.20. The number of halogens is 1. The maximum atomic E-state index is 5.95. The van der Waals surface area contributed by atoms with E-state index in [2.05, 4.69) is 48.8 Å². The van der Waals surface area contributed by atoms with Crippen LogP contribution in [0, 0.1) is 0 Å². The Bertz CT molecular complexity index is 677. The second kappa shape index (κ2) is 6.16. The van der Waals surface area contributed by atoms with Crippen molar-refractivity contribution in [2.45, 2.75) is 26.2 Å². The Balaban J connectivity index is 2.28. The molecule has 0 unspecified atom stereocenters. The quantitative estimate of drug-likeness (QED) is 0.763. The van der Waals surface area contributed by atoms with E-state index < -0.39 is 0 Å². The molecule has 0 radical (unpaired) electrons. The van der Waals surface area contributed by atoms with Crippen molar-refractivity contribution in [2.24, 2.45) is 5.73 Å². The highest BCUT2D eigenvalue weighted by molar-refractivity contribution is 9.10. The first-order valence-electron chi connectivity index (χ1n) is 6.65. The molecule has 0 atom stereocenters. The number of thiocarbonyl (C=S) groups is 1. The average Bonchev–Trinajstić information content (AvgIpc) is 2.40. The molecule has 0 saturated carbocycles. The molecule has 0 spiro atoms. The van der Waals surface area contributed by atoms with Crippen molar-refractivity contribution in [3.8, 4) is 11.5 Å². The highest BCUT2D eigenvalue weighted by Crippen LogP contribution is 2.32. The van der Waals surface area contributed by atoms with Gasteiger partial charge in [-0.1, -0.05) is 45.1 Å². The topological polar surface area (TPSA) is 35.2 Å². The Morgan fingerprint density at radius 2 is 1.86 bits per heavy atom. The van der Waals surface area contributed by atoms with Crippen molar-refractivity contribution in [3.05, 3.63) is 58.1 Å². The zero-order valence-corrected chi connectivity index (χ0v) is 14.7. The summed E-state index contributed by atoms with van der Waals surface area (Å²) in [6.07, 6.45) is 0. The Labute approximate surface area is 139 Å². The number of benzene rings is 2. The fourth-order valence-corrected chi connectivity index (χ4v) is 2.48. The van der Waals surface area contributed by atoms with E-state index in [9.17, 15) is 0 Å². The molecule has 2 aromatic rings. The van der Waals surface area contributed by atoms with Gasteiger partial charge in [0.15, 0.2) is 0 Å². The molecule has 2 nitrogen and oxygen atoms in total. The van der Waals surface area contributed by atoms with Gasteiger partial charge in [-0.15, -0.1) is 0 Å². The molecule has 0 saturated heterocycles. The van der Waals surface area contributed by atoms with E-state index in [0.29, 0.717) is 4.99 Å². The fourth-order valence-electron chi connectivity index (χ4n) is 1.89. The van der Waals surface area contributed by atoms with Crippen LogP contribution in [0.15, 0.2) is 46.9 Å². The van der Waals surface area contributed by atoms with Gasteiger partial charge in [0.25, 0.3) is 0 Å². The normalized spacial score (nSPS) is 11.2. The van der Waals surface area contributed by atoms with Gasteiger partial charge in [-0.25, -0.2) is 0 Å². The number of hydrogen-bond donors (Lipinski definition) is 1. The van der Waals surface area contributed by atoms with Crippen LogP contribution in [-0.2, 0) is 5.41 Å². The van der Waals surface area contributed by atoms with Gasteiger partial charge in [0.2, 0.25) is 0 Å². The molecule has 4 heteroatoms. The van der Waals surface area contributed by atoms with Gasteiger partial charge in [0.1, 0.15) is 16.5 Å². The second-order valence-corrected chi connectivity index (χ2v) is 7.18. The molecule has 0 bridgehead atoms. The van der Waals surface area contributed by atoms with E-state index in [1.54, 1.807) is 0 Å². The Morgan fingerprint density at radius 1 is 1.14 bits per heavy atom. The standard InChI is InChI=1S/C17H18BrNOS/c1-17(2,3)12-5-4-6-13(10-12)20-15-8-7-11(16(19)21)9-14(15)18/h4-10H,1-3H3,(H2,19,21). The van der Waals surface area contributed by atoms with Crippen molar-refractivity contribution in [1.82, 2.24) is 0 Å². The van der Waals surface area contributed by atoms with Gasteiger partial charge in [0, 0.05) is 5.56 Å². The molecule has 110 valence electrons. The van der Waals surface area contributed by atoms with Crippen LogP contribution < -0.4 is 10.5 Å². The van der Waals surface area contributed by atoms with Gasteiger partial charge >= 0.3 is 0 Å². The largest absolute Gasteiger partial charge is 0.456 e. The van der Waals surface area contributed by atoms with Crippen LogP contribution in [0.1, 0.15) is 31.9 Å². The van der Waals surface area contributed by atoms with Gasteiger partial charge in [0.05, 0.1) is 4.47 Å². The molecule has 2 N–H and O–H groups in total. The first kappa shape index (κ1) is 16.0. The SMILES string of the molecule is CC(C)(C)c1cccc(Oc2ccc(C(N)=S)cc2Br)c1. The summed E-state index contributed by atoms with van der Waals surface area (Å²) in [5.74, 6) is 1.55. The minimum atomic E-state index is 0.0895. The highest BCUT2D eigenvalue weighted by atomic mass is 79.9. The average molecular weight is 364 g/mol. The minimum Gasteiger partial charge on any atom is -0.456 e. The van der Waals surface area contributed by atoms with E-state index in [1.807, 2.05) is 30.3 Å². The van der Waals surface area contributed by atoms with Crippen molar-refractivity contribution >= 4 is 33.1 Å². The van der Waals surface area contributed by atoms with Gasteiger partial charge < -0.3 is 10.5 Å². The first-order valence-corrected chi connectivity index (χ1v) is 7.85. The number of nitrogens with two attached hydrogens (primary N) is 1. The Kier molecular flexibility index (Phi) is 4.69. The number of ether oxygens (including phenoxy) is 1. The zero-order chi connectivity index (χ0) is 15.6. The summed E-state index contributed by atoms with van der Waals surface area (Å²) in [5.41, 5.74) is 7.76. The predicted molar refractivity (Wildman–Crippen MR) is 95.2 cm³/mol. The molecule has 0 aliphatic rings. The summed E-state index contributed by atoms with van der Waals surface area (Å²) in [7, 11) is 0. The van der Waals surface area contributed by atoms with Crippen LogP contribution in [0.3, 0.4) is 0 Å².